The van der Waals surface area contributed by atoms with Gasteiger partial charge in [0.15, 0.2) is 0 Å². The molecule has 0 fully saturated rings. The molecular weight excluding hydrogens is 208 g/mol. The summed E-state index contributed by atoms with van der Waals surface area (Å²) in [5.41, 5.74) is 4.74. The van der Waals surface area contributed by atoms with Crippen molar-refractivity contribution in [3.05, 3.63) is 59.9 Å². The molecule has 84 valence electrons. The molecule has 0 amide bonds. The fourth-order valence-electron chi connectivity index (χ4n) is 2.26. The van der Waals surface area contributed by atoms with Crippen LogP contribution < -0.4 is 0 Å². The maximum absolute atomic E-state index is 4.44. The van der Waals surface area contributed by atoms with Gasteiger partial charge in [0.1, 0.15) is 5.65 Å². The molecule has 2 heterocycles. The maximum atomic E-state index is 4.44. The van der Waals surface area contributed by atoms with Gasteiger partial charge in [0.05, 0.1) is 0 Å². The van der Waals surface area contributed by atoms with Crippen LogP contribution in [-0.4, -0.2) is 9.55 Å². The van der Waals surface area contributed by atoms with Crippen LogP contribution in [0.2, 0.25) is 0 Å². The van der Waals surface area contributed by atoms with E-state index in [1.807, 2.05) is 12.3 Å². The van der Waals surface area contributed by atoms with Gasteiger partial charge in [-0.15, -0.1) is 0 Å². The first-order chi connectivity index (χ1) is 8.24. The van der Waals surface area contributed by atoms with Gasteiger partial charge >= 0.3 is 0 Å². The summed E-state index contributed by atoms with van der Waals surface area (Å²) in [6.45, 7) is 4.24. The van der Waals surface area contributed by atoms with E-state index in [1.54, 1.807) is 0 Å². The summed E-state index contributed by atoms with van der Waals surface area (Å²) >= 11 is 0. The Morgan fingerprint density at radius 2 is 1.76 bits per heavy atom. The van der Waals surface area contributed by atoms with Crippen LogP contribution in [-0.2, 0) is 0 Å². The highest BCUT2D eigenvalue weighted by atomic mass is 15.0. The second-order valence-electron chi connectivity index (χ2n) is 4.45. The van der Waals surface area contributed by atoms with Crippen molar-refractivity contribution >= 4 is 11.0 Å². The lowest BCUT2D eigenvalue weighted by Crippen LogP contribution is -1.94. The van der Waals surface area contributed by atoms with Gasteiger partial charge in [0.25, 0.3) is 0 Å². The van der Waals surface area contributed by atoms with E-state index in [0.717, 1.165) is 5.65 Å². The van der Waals surface area contributed by atoms with Crippen molar-refractivity contribution in [2.24, 2.45) is 0 Å². The second-order valence-corrected chi connectivity index (χ2v) is 4.45. The first kappa shape index (κ1) is 10.1. The molecule has 0 N–H and O–H groups in total. The van der Waals surface area contributed by atoms with Gasteiger partial charge < -0.3 is 4.57 Å². The molecule has 2 nitrogen and oxygen atoms in total. The van der Waals surface area contributed by atoms with Crippen LogP contribution in [0.4, 0.5) is 0 Å². The van der Waals surface area contributed by atoms with Gasteiger partial charge in [-0.1, -0.05) is 6.07 Å². The Hall–Kier alpha value is -2.09. The minimum atomic E-state index is 1.01. The molecule has 0 aliphatic heterocycles. The van der Waals surface area contributed by atoms with Gasteiger partial charge in [-0.25, -0.2) is 4.98 Å². The zero-order valence-electron chi connectivity index (χ0n) is 10.0. The molecular formula is C15H14N2. The molecule has 2 aromatic heterocycles. The minimum absolute atomic E-state index is 1.01. The van der Waals surface area contributed by atoms with Crippen molar-refractivity contribution in [3.8, 4) is 5.69 Å². The number of rotatable bonds is 1. The molecule has 0 spiro atoms. The van der Waals surface area contributed by atoms with E-state index in [1.165, 1.54) is 22.2 Å². The third-order valence-electron chi connectivity index (χ3n) is 2.93. The Kier molecular flexibility index (Phi) is 2.22. The molecule has 0 radical (unpaired) electrons. The summed E-state index contributed by atoms with van der Waals surface area (Å²) in [7, 11) is 0. The predicted molar refractivity (Wildman–Crippen MR) is 70.5 cm³/mol. The highest BCUT2D eigenvalue weighted by molar-refractivity contribution is 5.77. The topological polar surface area (TPSA) is 17.8 Å². The van der Waals surface area contributed by atoms with Crippen LogP contribution in [0, 0.1) is 13.8 Å². The third-order valence-corrected chi connectivity index (χ3v) is 2.93. The zero-order chi connectivity index (χ0) is 11.8. The minimum Gasteiger partial charge on any atom is -0.301 e. The SMILES string of the molecule is Cc1cc(C)cc(-n2ccc3cccnc32)c1. The lowest BCUT2D eigenvalue weighted by molar-refractivity contribution is 1.08. The van der Waals surface area contributed by atoms with Crippen molar-refractivity contribution in [2.75, 3.05) is 0 Å². The van der Waals surface area contributed by atoms with Gasteiger partial charge in [-0.2, -0.15) is 0 Å². The third kappa shape index (κ3) is 1.72. The van der Waals surface area contributed by atoms with Crippen molar-refractivity contribution < 1.29 is 0 Å². The molecule has 3 aromatic rings. The summed E-state index contributed by atoms with van der Waals surface area (Å²) in [5.74, 6) is 0. The molecule has 0 atom stereocenters. The molecule has 0 saturated carbocycles. The largest absolute Gasteiger partial charge is 0.301 e. The smallest absolute Gasteiger partial charge is 0.144 e. The van der Waals surface area contributed by atoms with Crippen molar-refractivity contribution in [1.29, 1.82) is 0 Å². The van der Waals surface area contributed by atoms with Crippen LogP contribution in [0.25, 0.3) is 16.7 Å². The van der Waals surface area contributed by atoms with Gasteiger partial charge in [-0.05, 0) is 55.3 Å². The number of hydrogen-bond donors (Lipinski definition) is 0. The van der Waals surface area contributed by atoms with Crippen LogP contribution in [0.3, 0.4) is 0 Å². The monoisotopic (exact) mass is 222 g/mol. The Labute approximate surface area is 101 Å². The molecule has 2 heteroatoms. The maximum Gasteiger partial charge on any atom is 0.144 e. The summed E-state index contributed by atoms with van der Waals surface area (Å²) in [6, 6.07) is 12.7. The summed E-state index contributed by atoms with van der Waals surface area (Å²) < 4.78 is 2.13. The Balaban J connectivity index is 2.27. The van der Waals surface area contributed by atoms with Gasteiger partial charge in [0, 0.05) is 23.5 Å². The van der Waals surface area contributed by atoms with Crippen LogP contribution in [0.1, 0.15) is 11.1 Å². The predicted octanol–water partition coefficient (Wildman–Crippen LogP) is 3.64. The van der Waals surface area contributed by atoms with E-state index in [4.69, 9.17) is 0 Å². The summed E-state index contributed by atoms with van der Waals surface area (Å²) in [6.07, 6.45) is 3.91. The normalized spacial score (nSPS) is 10.9. The zero-order valence-corrected chi connectivity index (χ0v) is 10.0. The molecule has 0 saturated heterocycles. The van der Waals surface area contributed by atoms with E-state index < -0.39 is 0 Å². The van der Waals surface area contributed by atoms with Crippen LogP contribution in [0.15, 0.2) is 48.8 Å². The average Bonchev–Trinajstić information content (AvgIpc) is 2.71. The summed E-state index contributed by atoms with van der Waals surface area (Å²) in [5, 5.41) is 1.17. The van der Waals surface area contributed by atoms with Gasteiger partial charge in [-0.3, -0.25) is 0 Å². The highest BCUT2D eigenvalue weighted by Gasteiger charge is 2.04. The highest BCUT2D eigenvalue weighted by Crippen LogP contribution is 2.20. The van der Waals surface area contributed by atoms with E-state index in [0.29, 0.717) is 0 Å². The van der Waals surface area contributed by atoms with Crippen molar-refractivity contribution in [2.45, 2.75) is 13.8 Å². The van der Waals surface area contributed by atoms with E-state index >= 15 is 0 Å². The fraction of sp³-hybridized carbons (Fsp3) is 0.133. The van der Waals surface area contributed by atoms with Crippen LogP contribution in [0.5, 0.6) is 0 Å². The number of nitrogens with zero attached hydrogens (tertiary/aromatic N) is 2. The molecule has 3 rings (SSSR count). The molecule has 1 aromatic carbocycles. The van der Waals surface area contributed by atoms with Crippen molar-refractivity contribution in [1.82, 2.24) is 9.55 Å². The van der Waals surface area contributed by atoms with E-state index in [-0.39, 0.29) is 0 Å². The summed E-state index contributed by atoms with van der Waals surface area (Å²) in [4.78, 5) is 4.44. The van der Waals surface area contributed by atoms with Crippen LogP contribution >= 0.6 is 0 Å². The molecule has 0 aliphatic rings. The standard InChI is InChI=1S/C15H14N2/c1-11-8-12(2)10-14(9-11)17-7-5-13-4-3-6-16-15(13)17/h3-10H,1-2H3. The first-order valence-electron chi connectivity index (χ1n) is 5.75. The fourth-order valence-corrected chi connectivity index (χ4v) is 2.26. The van der Waals surface area contributed by atoms with E-state index in [2.05, 4.69) is 59.9 Å². The Bertz CT molecular complexity index is 660. The van der Waals surface area contributed by atoms with E-state index in [9.17, 15) is 0 Å². The number of pyridine rings is 1. The lowest BCUT2D eigenvalue weighted by Gasteiger charge is -2.07. The second kappa shape index (κ2) is 3.74. The average molecular weight is 222 g/mol. The molecule has 0 unspecified atom stereocenters. The van der Waals surface area contributed by atoms with Crippen molar-refractivity contribution in [3.63, 3.8) is 0 Å². The molecule has 0 bridgehead atoms. The number of aryl methyl sites for hydroxylation is 2. The Morgan fingerprint density at radius 1 is 1.00 bits per heavy atom. The number of aromatic nitrogens is 2. The quantitative estimate of drug-likeness (QED) is 0.614. The number of hydrogen-bond acceptors (Lipinski definition) is 1. The number of benzene rings is 1. The molecule has 0 aliphatic carbocycles. The Morgan fingerprint density at radius 3 is 2.53 bits per heavy atom. The molecule has 17 heavy (non-hydrogen) atoms. The first-order valence-corrected chi connectivity index (χ1v) is 5.75. The number of fused-ring (bicyclic) bond motifs is 1. The van der Waals surface area contributed by atoms with Gasteiger partial charge in [0.2, 0.25) is 0 Å². The lowest BCUT2D eigenvalue weighted by atomic mass is 10.1.